The van der Waals surface area contributed by atoms with Crippen LogP contribution in [-0.2, 0) is 42.9 Å². The Morgan fingerprint density at radius 2 is 1.74 bits per heavy atom. The molecule has 11 heteroatoms. The van der Waals surface area contributed by atoms with E-state index in [1.165, 1.54) is 22.0 Å². The van der Waals surface area contributed by atoms with Gasteiger partial charge in [-0.3, -0.25) is 4.68 Å². The van der Waals surface area contributed by atoms with Gasteiger partial charge in [0.1, 0.15) is 0 Å². The third kappa shape index (κ3) is 5.20. The van der Waals surface area contributed by atoms with Crippen molar-refractivity contribution in [2.24, 2.45) is 7.05 Å². The van der Waals surface area contributed by atoms with Gasteiger partial charge < -0.3 is 10.2 Å². The molecule has 2 N–H and O–H groups in total. The summed E-state index contributed by atoms with van der Waals surface area (Å²) in [5.74, 6) is 0. The van der Waals surface area contributed by atoms with E-state index in [0.29, 0.717) is 11.4 Å². The van der Waals surface area contributed by atoms with Crippen LogP contribution >= 0.6 is 0 Å². The topological polar surface area (TPSA) is 99.6 Å². The fourth-order valence-electron chi connectivity index (χ4n) is 4.92. The van der Waals surface area contributed by atoms with Gasteiger partial charge in [-0.2, -0.15) is 13.5 Å². The number of carbonyl (C=O) groups is 1. The second-order valence-electron chi connectivity index (χ2n) is 8.85. The number of anilines is 2. The van der Waals surface area contributed by atoms with Crippen molar-refractivity contribution >= 4 is 57.2 Å². The molecule has 2 heterocycles. The van der Waals surface area contributed by atoms with Crippen molar-refractivity contribution in [2.45, 2.75) is 38.5 Å². The molecule has 9 nitrogen and oxygen atoms in total. The Morgan fingerprint density at radius 1 is 1.06 bits per heavy atom. The van der Waals surface area contributed by atoms with Gasteiger partial charge in [-0.15, -0.1) is 0 Å². The van der Waals surface area contributed by atoms with E-state index in [9.17, 15) is 13.2 Å². The molecule has 35 heavy (non-hydrogen) atoms. The first-order chi connectivity index (χ1) is 16.3. The molecule has 3 aliphatic rings. The van der Waals surface area contributed by atoms with Crippen molar-refractivity contribution < 1.29 is 13.2 Å². The van der Waals surface area contributed by atoms with Gasteiger partial charge >= 0.3 is 45.8 Å². The van der Waals surface area contributed by atoms with Gasteiger partial charge in [0.2, 0.25) is 0 Å². The number of nitrogens with one attached hydrogen (secondary N) is 2. The first kappa shape index (κ1) is 25.6. The molecule has 0 unspecified atom stereocenters. The molecule has 2 amide bonds. The van der Waals surface area contributed by atoms with Crippen LogP contribution in [0.2, 0.25) is 0 Å². The Hall–Kier alpha value is -2.53. The molecular formula is C24H29N6NaO3S. The fourth-order valence-corrected chi connectivity index (χ4v) is 6.07. The molecule has 5 rings (SSSR count). The van der Waals surface area contributed by atoms with Gasteiger partial charge in [-0.1, -0.05) is 6.07 Å². The van der Waals surface area contributed by atoms with Gasteiger partial charge in [0.05, 0.1) is 17.6 Å². The SMILES string of the molecule is CN1C=CC=C(N(c2cnn(C)c2)S(=O)(=O)NC(=O)Nc2c3c(cc4c2CCC4)CCC3)C=C1.[NaH]. The zero-order valence-corrected chi connectivity index (χ0v) is 20.1. The Balaban J connectivity index is 0.00000289. The summed E-state index contributed by atoms with van der Waals surface area (Å²) < 4.78 is 31.8. The number of aromatic nitrogens is 2. The summed E-state index contributed by atoms with van der Waals surface area (Å²) >= 11 is 0. The van der Waals surface area contributed by atoms with E-state index >= 15 is 0 Å². The molecule has 1 aromatic carbocycles. The van der Waals surface area contributed by atoms with E-state index in [1.54, 1.807) is 48.8 Å². The van der Waals surface area contributed by atoms with Crippen molar-refractivity contribution in [3.05, 3.63) is 77.0 Å². The summed E-state index contributed by atoms with van der Waals surface area (Å²) in [5.41, 5.74) is 6.29. The number of allylic oxidation sites excluding steroid dienone is 3. The number of hydrogen-bond donors (Lipinski definition) is 2. The molecule has 1 aromatic heterocycles. The van der Waals surface area contributed by atoms with Crippen LogP contribution in [0.3, 0.4) is 0 Å². The third-order valence-electron chi connectivity index (χ3n) is 6.40. The summed E-state index contributed by atoms with van der Waals surface area (Å²) in [6.07, 6.45) is 17.5. The average Bonchev–Trinajstić information content (AvgIpc) is 3.49. The molecule has 1 aliphatic heterocycles. The molecular weight excluding hydrogens is 475 g/mol. The maximum atomic E-state index is 13.5. The van der Waals surface area contributed by atoms with Gasteiger partial charge in [-0.05, 0) is 79.0 Å². The van der Waals surface area contributed by atoms with Crippen LogP contribution in [0.15, 0.2) is 54.8 Å². The van der Waals surface area contributed by atoms with Gasteiger partial charge in [0, 0.05) is 38.4 Å². The quantitative estimate of drug-likeness (QED) is 0.610. The second kappa shape index (κ2) is 10.2. The van der Waals surface area contributed by atoms with Crippen LogP contribution in [0, 0.1) is 0 Å². The zero-order valence-electron chi connectivity index (χ0n) is 19.3. The third-order valence-corrected chi connectivity index (χ3v) is 7.75. The van der Waals surface area contributed by atoms with Crippen LogP contribution in [0.4, 0.5) is 16.2 Å². The molecule has 0 spiro atoms. The van der Waals surface area contributed by atoms with Gasteiger partial charge in [-0.25, -0.2) is 13.8 Å². The Kier molecular flexibility index (Phi) is 7.46. The number of rotatable bonds is 5. The van der Waals surface area contributed by atoms with Crippen LogP contribution in [-0.4, -0.2) is 65.7 Å². The van der Waals surface area contributed by atoms with Crippen molar-refractivity contribution in [3.8, 4) is 0 Å². The molecule has 2 aromatic rings. The summed E-state index contributed by atoms with van der Waals surface area (Å²) in [7, 11) is -0.750. The molecule has 0 atom stereocenters. The number of aryl methyl sites for hydroxylation is 3. The number of urea groups is 1. The first-order valence-corrected chi connectivity index (χ1v) is 12.8. The van der Waals surface area contributed by atoms with Crippen LogP contribution < -0.4 is 14.3 Å². The average molecular weight is 505 g/mol. The minimum absolute atomic E-state index is 0. The summed E-state index contributed by atoms with van der Waals surface area (Å²) in [4.78, 5) is 14.9. The fraction of sp³-hybridized carbons (Fsp3) is 0.333. The number of carbonyl (C=O) groups excluding carboxylic acids is 1. The second-order valence-corrected chi connectivity index (χ2v) is 10.4. The van der Waals surface area contributed by atoms with Crippen LogP contribution in [0.25, 0.3) is 0 Å². The van der Waals surface area contributed by atoms with Crippen molar-refractivity contribution in [1.29, 1.82) is 0 Å². The standard InChI is InChI=1S/C24H28N6O3S.Na.H/c1-28-12-5-8-19(11-13-28)30(20-15-25-29(2)16-20)34(32,33)27-24(31)26-23-21-9-3-6-17(21)14-18-7-4-10-22(18)23;;/h5,8,11-16H,3-4,6-7,9-10H2,1-2H3,(H2,26,27,31);;. The number of amides is 2. The number of nitrogens with zero attached hydrogens (tertiary/aromatic N) is 4. The van der Waals surface area contributed by atoms with Crippen molar-refractivity contribution in [2.75, 3.05) is 16.7 Å². The van der Waals surface area contributed by atoms with Crippen molar-refractivity contribution in [3.63, 3.8) is 0 Å². The van der Waals surface area contributed by atoms with Gasteiger partial charge in [0.15, 0.2) is 0 Å². The molecule has 180 valence electrons. The Labute approximate surface area is 228 Å². The van der Waals surface area contributed by atoms with E-state index in [4.69, 9.17) is 0 Å². The van der Waals surface area contributed by atoms with Gasteiger partial charge in [0.25, 0.3) is 0 Å². The monoisotopic (exact) mass is 504 g/mol. The summed E-state index contributed by atoms with van der Waals surface area (Å²) in [5, 5.41) is 7.01. The Morgan fingerprint density at radius 3 is 2.37 bits per heavy atom. The normalized spacial score (nSPS) is 16.2. The van der Waals surface area contributed by atoms with Crippen LogP contribution in [0.5, 0.6) is 0 Å². The molecule has 2 aliphatic carbocycles. The number of fused-ring (bicyclic) bond motifs is 2. The minimum atomic E-state index is -4.30. The summed E-state index contributed by atoms with van der Waals surface area (Å²) in [6.45, 7) is 0. The zero-order chi connectivity index (χ0) is 23.9. The predicted octanol–water partition coefficient (Wildman–Crippen LogP) is 2.48. The first-order valence-electron chi connectivity index (χ1n) is 11.4. The van der Waals surface area contributed by atoms with E-state index in [0.717, 1.165) is 59.6 Å². The van der Waals surface area contributed by atoms with E-state index in [-0.39, 0.29) is 29.6 Å². The molecule has 0 fully saturated rings. The molecule has 0 saturated carbocycles. The van der Waals surface area contributed by atoms with E-state index in [2.05, 4.69) is 21.2 Å². The van der Waals surface area contributed by atoms with Crippen molar-refractivity contribution in [1.82, 2.24) is 19.4 Å². The van der Waals surface area contributed by atoms with E-state index in [1.807, 2.05) is 7.05 Å². The number of benzene rings is 1. The van der Waals surface area contributed by atoms with Crippen LogP contribution in [0.1, 0.15) is 35.1 Å². The van der Waals surface area contributed by atoms with E-state index < -0.39 is 16.2 Å². The molecule has 0 bridgehead atoms. The summed E-state index contributed by atoms with van der Waals surface area (Å²) in [6, 6.07) is 1.50. The number of hydrogen-bond acceptors (Lipinski definition) is 5. The Bertz CT molecular complexity index is 1310. The molecule has 0 radical (unpaired) electrons. The molecule has 0 saturated heterocycles. The predicted molar refractivity (Wildman–Crippen MR) is 139 cm³/mol. The maximum absolute atomic E-state index is 13.5.